The van der Waals surface area contributed by atoms with Gasteiger partial charge in [-0.2, -0.15) is 13.1 Å². The number of carbonyl (C=O) groups excluding carboxylic acids is 7. The zero-order valence-corrected chi connectivity index (χ0v) is 31.9. The summed E-state index contributed by atoms with van der Waals surface area (Å²) in [4.78, 5) is 92.6. The number of Topliss-reactive ketones (excluding diaryl/α,β-unsaturated/α-hetero) is 2. The number of hydrogen-bond donors (Lipinski definition) is 3. The van der Waals surface area contributed by atoms with Crippen molar-refractivity contribution in [2.24, 2.45) is 40.2 Å². The van der Waals surface area contributed by atoms with Gasteiger partial charge in [0.25, 0.3) is 15.9 Å². The van der Waals surface area contributed by atoms with Gasteiger partial charge in [-0.1, -0.05) is 25.3 Å². The van der Waals surface area contributed by atoms with Gasteiger partial charge in [0.05, 0.1) is 6.04 Å². The van der Waals surface area contributed by atoms with Gasteiger partial charge in [-0.25, -0.2) is 9.59 Å². The lowest BCUT2D eigenvalue weighted by Crippen LogP contribution is -2.73. The largest absolute Gasteiger partial charge is 0.456 e. The van der Waals surface area contributed by atoms with Gasteiger partial charge in [-0.3, -0.25) is 28.9 Å². The molecule has 4 aliphatic carbocycles. The second-order valence-electron chi connectivity index (χ2n) is 16.2. The highest BCUT2D eigenvalue weighted by Crippen LogP contribution is 2.65. The van der Waals surface area contributed by atoms with E-state index in [0.717, 1.165) is 24.8 Å². The molecule has 0 spiro atoms. The molecular formula is C37H48N4O12S. The SMILES string of the molecule is CC#CS(=O)(=O)N[C@H](C)C(=O)N1C(=O)[C@@H](O[C@]2(C)CC[C@H](NC(N)=O)O2)C1C(=O)OCC(=O)[C@H]1CCC2[C@@H]3CCC4=CC(=O)CC[C@]4(C)C3C(=O)C[C@@]21C. The maximum atomic E-state index is 14.0. The Morgan fingerprint density at radius 3 is 2.48 bits per heavy atom. The van der Waals surface area contributed by atoms with Gasteiger partial charge >= 0.3 is 12.0 Å². The number of β-lactam (4-membered cyclic amide) rings is 1. The molecule has 54 heavy (non-hydrogen) atoms. The maximum absolute atomic E-state index is 14.0. The zero-order valence-electron chi connectivity index (χ0n) is 31.1. The summed E-state index contributed by atoms with van der Waals surface area (Å²) in [6, 6.07) is -4.08. The number of esters is 1. The average Bonchev–Trinajstić information content (AvgIpc) is 3.62. The first kappa shape index (κ1) is 39.7. The van der Waals surface area contributed by atoms with Crippen molar-refractivity contribution in [3.63, 3.8) is 0 Å². The molecule has 11 atom stereocenters. The van der Waals surface area contributed by atoms with Crippen molar-refractivity contribution < 1.29 is 56.2 Å². The fourth-order valence-electron chi connectivity index (χ4n) is 10.4. The molecule has 4 amide bonds. The number of ketones is 3. The summed E-state index contributed by atoms with van der Waals surface area (Å²) in [6.07, 6.45) is 3.63. The first-order chi connectivity index (χ1) is 25.2. The summed E-state index contributed by atoms with van der Waals surface area (Å²) in [5.74, 6) is -3.34. The van der Waals surface area contributed by atoms with E-state index in [1.807, 2.05) is 12.2 Å². The Morgan fingerprint density at radius 1 is 1.07 bits per heavy atom. The first-order valence-electron chi connectivity index (χ1n) is 18.4. The van der Waals surface area contributed by atoms with E-state index in [1.165, 1.54) is 20.8 Å². The van der Waals surface area contributed by atoms with Gasteiger partial charge in [-0.05, 0) is 88.0 Å². The second-order valence-corrected chi connectivity index (χ2v) is 17.7. The third-order valence-corrected chi connectivity index (χ3v) is 13.9. The van der Waals surface area contributed by atoms with Crippen molar-refractivity contribution >= 4 is 51.2 Å². The Bertz CT molecular complexity index is 1890. The molecule has 2 aliphatic heterocycles. The number of nitrogens with two attached hydrogens (primary N) is 1. The van der Waals surface area contributed by atoms with E-state index in [0.29, 0.717) is 24.2 Å². The number of allylic oxidation sites excluding steroid dienone is 1. The van der Waals surface area contributed by atoms with Crippen LogP contribution in [0.4, 0.5) is 4.79 Å². The molecular weight excluding hydrogens is 724 g/mol. The third kappa shape index (κ3) is 7.02. The highest BCUT2D eigenvalue weighted by molar-refractivity contribution is 7.94. The van der Waals surface area contributed by atoms with Crippen LogP contribution >= 0.6 is 0 Å². The van der Waals surface area contributed by atoms with Crippen LogP contribution in [0.2, 0.25) is 0 Å². The molecule has 0 aromatic carbocycles. The van der Waals surface area contributed by atoms with Gasteiger partial charge < -0.3 is 25.3 Å². The number of likely N-dealkylation sites (tertiary alicyclic amines) is 1. The Morgan fingerprint density at radius 2 is 1.80 bits per heavy atom. The van der Waals surface area contributed by atoms with Gasteiger partial charge in [-0.15, -0.1) is 0 Å². The maximum Gasteiger partial charge on any atom is 0.333 e. The summed E-state index contributed by atoms with van der Waals surface area (Å²) in [5, 5.41) is 4.32. The Balaban J connectivity index is 1.17. The van der Waals surface area contributed by atoms with Crippen molar-refractivity contribution in [1.29, 1.82) is 0 Å². The third-order valence-electron chi connectivity index (χ3n) is 12.8. The van der Waals surface area contributed by atoms with Crippen LogP contribution in [-0.4, -0.2) is 91.3 Å². The minimum absolute atomic E-state index is 0.0603. The normalized spacial score (nSPS) is 37.7. The van der Waals surface area contributed by atoms with E-state index >= 15 is 0 Å². The molecule has 5 fully saturated rings. The lowest BCUT2D eigenvalue weighted by Gasteiger charge is -2.56. The van der Waals surface area contributed by atoms with Crippen molar-refractivity contribution in [1.82, 2.24) is 14.9 Å². The molecule has 2 saturated heterocycles. The van der Waals surface area contributed by atoms with Crippen LogP contribution in [0, 0.1) is 45.7 Å². The fraction of sp³-hybridized carbons (Fsp3) is 0.703. The highest BCUT2D eigenvalue weighted by atomic mass is 32.2. The minimum atomic E-state index is -4.24. The van der Waals surface area contributed by atoms with Crippen LogP contribution in [-0.2, 0) is 53.0 Å². The number of urea groups is 1. The van der Waals surface area contributed by atoms with Crippen LogP contribution < -0.4 is 15.8 Å². The Kier molecular flexibility index (Phi) is 10.5. The molecule has 0 aromatic heterocycles. The lowest BCUT2D eigenvalue weighted by atomic mass is 9.46. The van der Waals surface area contributed by atoms with Crippen LogP contribution in [0.1, 0.15) is 92.4 Å². The standard InChI is InChI=1S/C37H48N4O12S/c1-6-15-54(49,50)40-19(2)31(45)41-29(30(32(41)46)53-37(5)14-12-27(52-37)39-34(38)48)33(47)51-18-26(44)24-10-9-23-22-8-7-20-16-21(42)11-13-35(20,3)28(22)25(43)17-36(23,24)4/h16,19,22-24,27-30,40H,7-14,17-18H2,1-5H3,(H3,38,39,48)/t19-,22+,23?,24-,27-,28?,29?,30+,35+,36+,37-/m1/s1. The summed E-state index contributed by atoms with van der Waals surface area (Å²) >= 11 is 0. The van der Waals surface area contributed by atoms with Gasteiger partial charge in [0.2, 0.25) is 5.91 Å². The molecule has 0 radical (unpaired) electrons. The molecule has 6 aliphatic rings. The number of amides is 4. The topological polar surface area (TPSA) is 235 Å². The van der Waals surface area contributed by atoms with Gasteiger partial charge in [0.1, 0.15) is 18.6 Å². The smallest absolute Gasteiger partial charge is 0.333 e. The van der Waals surface area contributed by atoms with Crippen LogP contribution in [0.15, 0.2) is 11.6 Å². The van der Waals surface area contributed by atoms with Crippen LogP contribution in [0.3, 0.4) is 0 Å². The molecule has 3 saturated carbocycles. The number of nitrogens with zero attached hydrogens (tertiary/aromatic N) is 1. The molecule has 2 heterocycles. The molecule has 16 nitrogen and oxygen atoms in total. The molecule has 17 heteroatoms. The van der Waals surface area contributed by atoms with E-state index in [-0.39, 0.29) is 54.0 Å². The van der Waals surface area contributed by atoms with E-state index in [1.54, 1.807) is 6.08 Å². The van der Waals surface area contributed by atoms with Crippen molar-refractivity contribution in [2.45, 2.75) is 123 Å². The minimum Gasteiger partial charge on any atom is -0.456 e. The van der Waals surface area contributed by atoms with E-state index in [2.05, 4.69) is 22.9 Å². The van der Waals surface area contributed by atoms with Gasteiger partial charge in [0.15, 0.2) is 29.5 Å². The summed E-state index contributed by atoms with van der Waals surface area (Å²) in [7, 11) is -4.24. The van der Waals surface area contributed by atoms with Crippen LogP contribution in [0.5, 0.6) is 0 Å². The number of fused-ring (bicyclic) bond motifs is 5. The number of rotatable bonds is 10. The molecule has 4 N–H and O–H groups in total. The Hall–Kier alpha value is -3.98. The number of sulfonamides is 1. The van der Waals surface area contributed by atoms with Crippen molar-refractivity contribution in [3.8, 4) is 11.2 Å². The van der Waals surface area contributed by atoms with Crippen molar-refractivity contribution in [2.75, 3.05) is 6.61 Å². The first-order valence-corrected chi connectivity index (χ1v) is 19.9. The van der Waals surface area contributed by atoms with E-state index in [4.69, 9.17) is 19.9 Å². The summed E-state index contributed by atoms with van der Waals surface area (Å²) in [5.41, 5.74) is 5.21. The molecule has 3 unspecified atom stereocenters. The molecule has 0 aromatic rings. The number of carbonyl (C=O) groups is 7. The monoisotopic (exact) mass is 772 g/mol. The number of hydrogen-bond acceptors (Lipinski definition) is 12. The molecule has 0 bridgehead atoms. The number of ether oxygens (including phenoxy) is 3. The lowest BCUT2D eigenvalue weighted by molar-refractivity contribution is -0.264. The summed E-state index contributed by atoms with van der Waals surface area (Å²) < 4.78 is 43.7. The fourth-order valence-corrected chi connectivity index (χ4v) is 11.3. The van der Waals surface area contributed by atoms with Crippen LogP contribution in [0.25, 0.3) is 0 Å². The second kappa shape index (κ2) is 14.3. The zero-order chi connectivity index (χ0) is 39.5. The number of nitrogens with one attached hydrogen (secondary N) is 2. The van der Waals surface area contributed by atoms with E-state index in [9.17, 15) is 42.0 Å². The number of primary amides is 1. The van der Waals surface area contributed by atoms with Gasteiger partial charge in [0, 0.05) is 36.4 Å². The summed E-state index contributed by atoms with van der Waals surface area (Å²) in [6.45, 7) is 7.31. The number of imide groups is 1. The predicted octanol–water partition coefficient (Wildman–Crippen LogP) is 1.36. The quantitative estimate of drug-likeness (QED) is 0.162. The van der Waals surface area contributed by atoms with Crippen molar-refractivity contribution in [3.05, 3.63) is 11.6 Å². The Labute approximate surface area is 314 Å². The molecule has 294 valence electrons. The van der Waals surface area contributed by atoms with E-state index < -0.39 is 87.8 Å². The predicted molar refractivity (Wildman–Crippen MR) is 187 cm³/mol. The highest BCUT2D eigenvalue weighted by Gasteiger charge is 2.64. The average molecular weight is 773 g/mol. The molecule has 6 rings (SSSR count).